The number of benzene rings is 2. The minimum absolute atomic E-state index is 0.106. The first kappa shape index (κ1) is 18.2. The van der Waals surface area contributed by atoms with Crippen molar-refractivity contribution in [2.45, 2.75) is 0 Å². The van der Waals surface area contributed by atoms with Gasteiger partial charge in [-0.1, -0.05) is 12.1 Å². The molecule has 0 radical (unpaired) electrons. The van der Waals surface area contributed by atoms with Gasteiger partial charge in [0.25, 0.3) is 11.6 Å². The van der Waals surface area contributed by atoms with E-state index in [4.69, 9.17) is 4.74 Å². The Balaban J connectivity index is 1.72. The van der Waals surface area contributed by atoms with Gasteiger partial charge in [-0.05, 0) is 44.0 Å². The Kier molecular flexibility index (Phi) is 5.43. The number of anilines is 1. The van der Waals surface area contributed by atoms with Crippen molar-refractivity contribution in [1.29, 1.82) is 0 Å². The number of rotatable bonds is 5. The van der Waals surface area contributed by atoms with E-state index in [0.717, 1.165) is 0 Å². The van der Waals surface area contributed by atoms with Gasteiger partial charge in [0.15, 0.2) is 6.61 Å². The van der Waals surface area contributed by atoms with Crippen LogP contribution in [0.15, 0.2) is 51.7 Å². The number of nitro benzene ring substituents is 1. The van der Waals surface area contributed by atoms with E-state index in [9.17, 15) is 14.9 Å². The molecule has 0 aliphatic heterocycles. The Morgan fingerprint density at radius 1 is 1.19 bits per heavy atom. The molecule has 1 aromatic heterocycles. The van der Waals surface area contributed by atoms with E-state index in [1.165, 1.54) is 18.5 Å². The van der Waals surface area contributed by atoms with Crippen molar-refractivity contribution in [2.24, 2.45) is 0 Å². The Morgan fingerprint density at radius 2 is 1.88 bits per heavy atom. The molecule has 3 rings (SSSR count). The molecule has 1 heterocycles. The van der Waals surface area contributed by atoms with E-state index in [-0.39, 0.29) is 12.3 Å². The molecule has 2 aromatic carbocycles. The predicted molar refractivity (Wildman–Crippen MR) is 102 cm³/mol. The number of fused-ring (bicyclic) bond motifs is 1. The number of nitro groups is 1. The van der Waals surface area contributed by atoms with Crippen LogP contribution < -0.4 is 10.1 Å². The largest absolute Gasteiger partial charge is 0.467 e. The quantitative estimate of drug-likeness (QED) is 0.434. The average molecular weight is 482 g/mol. The molecule has 0 aliphatic carbocycles. The highest BCUT2D eigenvalue weighted by Crippen LogP contribution is 2.35. The van der Waals surface area contributed by atoms with E-state index in [0.29, 0.717) is 31.4 Å². The van der Waals surface area contributed by atoms with Crippen LogP contribution >= 0.6 is 31.9 Å². The lowest BCUT2D eigenvalue weighted by molar-refractivity contribution is -0.385. The molecule has 0 bridgehead atoms. The molecule has 0 spiro atoms. The van der Waals surface area contributed by atoms with Crippen LogP contribution in [0.1, 0.15) is 0 Å². The van der Waals surface area contributed by atoms with E-state index >= 15 is 0 Å². The fraction of sp³-hybridized carbons (Fsp3) is 0.0625. The number of non-ortho nitro benzene ring substituents is 1. The highest BCUT2D eigenvalue weighted by atomic mass is 79.9. The molecule has 8 nitrogen and oxygen atoms in total. The zero-order valence-corrected chi connectivity index (χ0v) is 16.2. The van der Waals surface area contributed by atoms with Gasteiger partial charge >= 0.3 is 0 Å². The number of aromatic nitrogens is 2. The molecule has 26 heavy (non-hydrogen) atoms. The van der Waals surface area contributed by atoms with E-state index in [1.54, 1.807) is 6.07 Å². The lowest BCUT2D eigenvalue weighted by Gasteiger charge is -2.11. The first-order valence-electron chi connectivity index (χ1n) is 7.21. The molecule has 0 aliphatic rings. The summed E-state index contributed by atoms with van der Waals surface area (Å²) in [6, 6.07) is 9.89. The summed E-state index contributed by atoms with van der Waals surface area (Å²) in [6.07, 6.45) is 1.36. The predicted octanol–water partition coefficient (Wildman–Crippen LogP) is 4.08. The van der Waals surface area contributed by atoms with Crippen LogP contribution in [0.2, 0.25) is 0 Å². The summed E-state index contributed by atoms with van der Waals surface area (Å²) in [5.74, 6) is -0.143. The van der Waals surface area contributed by atoms with Crippen LogP contribution in [0.5, 0.6) is 5.88 Å². The van der Waals surface area contributed by atoms with Crippen LogP contribution in [0.3, 0.4) is 0 Å². The summed E-state index contributed by atoms with van der Waals surface area (Å²) >= 11 is 6.43. The van der Waals surface area contributed by atoms with Gasteiger partial charge in [-0.15, -0.1) is 0 Å². The van der Waals surface area contributed by atoms with Crippen molar-refractivity contribution >= 4 is 60.0 Å². The summed E-state index contributed by atoms with van der Waals surface area (Å²) in [5.41, 5.74) is 0.973. The SMILES string of the molecule is O=C(COc1ncnc2ccccc12)Nc1c(Br)cc([N+](=O)[O-])cc1Br. The molecule has 1 amide bonds. The van der Waals surface area contributed by atoms with Crippen molar-refractivity contribution < 1.29 is 14.5 Å². The van der Waals surface area contributed by atoms with Gasteiger partial charge in [0, 0.05) is 21.1 Å². The number of carbonyl (C=O) groups excluding carboxylic acids is 1. The Hall–Kier alpha value is -2.59. The van der Waals surface area contributed by atoms with Crippen LogP contribution in [0.4, 0.5) is 11.4 Å². The number of nitrogens with zero attached hydrogens (tertiary/aromatic N) is 3. The maximum absolute atomic E-state index is 12.2. The molecule has 0 unspecified atom stereocenters. The maximum Gasteiger partial charge on any atom is 0.271 e. The van der Waals surface area contributed by atoms with Crippen molar-refractivity contribution in [3.63, 3.8) is 0 Å². The normalized spacial score (nSPS) is 10.5. The fourth-order valence-electron chi connectivity index (χ4n) is 2.19. The molecule has 0 saturated heterocycles. The van der Waals surface area contributed by atoms with Crippen LogP contribution in [0.25, 0.3) is 10.9 Å². The second-order valence-electron chi connectivity index (χ2n) is 5.07. The minimum Gasteiger partial charge on any atom is -0.467 e. The number of para-hydroxylation sites is 1. The number of nitrogens with one attached hydrogen (secondary N) is 1. The second kappa shape index (κ2) is 7.75. The van der Waals surface area contributed by atoms with E-state index < -0.39 is 10.8 Å². The van der Waals surface area contributed by atoms with Gasteiger partial charge in [-0.2, -0.15) is 0 Å². The van der Waals surface area contributed by atoms with Crippen molar-refractivity contribution in [3.8, 4) is 5.88 Å². The third kappa shape index (κ3) is 3.97. The standard InChI is InChI=1S/C16H10Br2N4O4/c17-11-5-9(22(24)25)6-12(18)15(11)21-14(23)7-26-16-10-3-1-2-4-13(10)19-8-20-16/h1-6,8H,7H2,(H,21,23). The number of halogens is 2. The smallest absolute Gasteiger partial charge is 0.271 e. The lowest BCUT2D eigenvalue weighted by atomic mass is 10.2. The fourth-order valence-corrected chi connectivity index (χ4v) is 3.55. The van der Waals surface area contributed by atoms with Crippen molar-refractivity contribution in [3.05, 3.63) is 61.8 Å². The van der Waals surface area contributed by atoms with E-state index in [1.807, 2.05) is 18.2 Å². The van der Waals surface area contributed by atoms with Crippen LogP contribution in [-0.4, -0.2) is 27.4 Å². The molecule has 0 atom stereocenters. The average Bonchev–Trinajstić information content (AvgIpc) is 2.62. The zero-order valence-electron chi connectivity index (χ0n) is 13.0. The molecule has 0 saturated carbocycles. The minimum atomic E-state index is -0.523. The molecule has 3 aromatic rings. The second-order valence-corrected chi connectivity index (χ2v) is 6.78. The number of carbonyl (C=O) groups is 1. The maximum atomic E-state index is 12.2. The Bertz CT molecular complexity index is 984. The molecule has 10 heteroatoms. The zero-order chi connectivity index (χ0) is 18.7. The van der Waals surface area contributed by atoms with Gasteiger partial charge < -0.3 is 10.1 Å². The topological polar surface area (TPSA) is 107 Å². The Morgan fingerprint density at radius 3 is 2.58 bits per heavy atom. The molecule has 1 N–H and O–H groups in total. The van der Waals surface area contributed by atoms with Crippen molar-refractivity contribution in [2.75, 3.05) is 11.9 Å². The monoisotopic (exact) mass is 480 g/mol. The van der Waals surface area contributed by atoms with Gasteiger partial charge in [0.05, 0.1) is 21.5 Å². The number of hydrogen-bond acceptors (Lipinski definition) is 6. The van der Waals surface area contributed by atoms with Gasteiger partial charge in [0.2, 0.25) is 5.88 Å². The summed E-state index contributed by atoms with van der Waals surface area (Å²) in [4.78, 5) is 30.7. The van der Waals surface area contributed by atoms with E-state index in [2.05, 4.69) is 47.1 Å². The van der Waals surface area contributed by atoms with Crippen LogP contribution in [-0.2, 0) is 4.79 Å². The highest BCUT2D eigenvalue weighted by molar-refractivity contribution is 9.11. The highest BCUT2D eigenvalue weighted by Gasteiger charge is 2.16. The third-order valence-corrected chi connectivity index (χ3v) is 4.60. The van der Waals surface area contributed by atoms with Gasteiger partial charge in [0.1, 0.15) is 6.33 Å². The Labute approximate surface area is 164 Å². The van der Waals surface area contributed by atoms with Crippen molar-refractivity contribution in [1.82, 2.24) is 9.97 Å². The first-order chi connectivity index (χ1) is 12.5. The lowest BCUT2D eigenvalue weighted by Crippen LogP contribution is -2.21. The van der Waals surface area contributed by atoms with Crippen LogP contribution in [0, 0.1) is 10.1 Å². The summed E-state index contributed by atoms with van der Waals surface area (Å²) in [7, 11) is 0. The molecule has 0 fully saturated rings. The first-order valence-corrected chi connectivity index (χ1v) is 8.80. The summed E-state index contributed by atoms with van der Waals surface area (Å²) in [6.45, 7) is -0.281. The van der Waals surface area contributed by atoms with Gasteiger partial charge in [-0.25, -0.2) is 9.97 Å². The summed E-state index contributed by atoms with van der Waals surface area (Å²) in [5, 5.41) is 14.2. The number of ether oxygens (including phenoxy) is 1. The third-order valence-electron chi connectivity index (χ3n) is 3.35. The molecular formula is C16H10Br2N4O4. The number of hydrogen-bond donors (Lipinski definition) is 1. The molecular weight excluding hydrogens is 472 g/mol. The van der Waals surface area contributed by atoms with Gasteiger partial charge in [-0.3, -0.25) is 14.9 Å². The molecule has 132 valence electrons. The summed E-state index contributed by atoms with van der Waals surface area (Å²) < 4.78 is 6.24. The number of amides is 1.